The zero-order valence-electron chi connectivity index (χ0n) is 11.2. The highest BCUT2D eigenvalue weighted by atomic mass is 15.3. The maximum atomic E-state index is 4.46. The van der Waals surface area contributed by atoms with Crippen LogP contribution in [0.15, 0.2) is 36.5 Å². The third-order valence-corrected chi connectivity index (χ3v) is 3.23. The molecule has 0 amide bonds. The van der Waals surface area contributed by atoms with Gasteiger partial charge in [-0.1, -0.05) is 37.3 Å². The van der Waals surface area contributed by atoms with Crippen molar-refractivity contribution in [3.8, 4) is 0 Å². The molecule has 0 saturated heterocycles. The first-order valence-corrected chi connectivity index (χ1v) is 6.57. The highest BCUT2D eigenvalue weighted by Crippen LogP contribution is 2.08. The van der Waals surface area contributed by atoms with Gasteiger partial charge in [-0.25, -0.2) is 0 Å². The van der Waals surface area contributed by atoms with E-state index in [1.807, 2.05) is 6.20 Å². The number of nitrogens with one attached hydrogen (secondary N) is 1. The second kappa shape index (κ2) is 6.36. The first kappa shape index (κ1) is 12.8. The van der Waals surface area contributed by atoms with Crippen molar-refractivity contribution in [1.29, 1.82) is 0 Å². The van der Waals surface area contributed by atoms with Crippen LogP contribution in [0.3, 0.4) is 0 Å². The Kier molecular flexibility index (Phi) is 4.53. The third-order valence-electron chi connectivity index (χ3n) is 3.23. The molecular formula is C15H21N3. The van der Waals surface area contributed by atoms with E-state index in [1.54, 1.807) is 0 Å². The molecule has 0 aliphatic rings. The summed E-state index contributed by atoms with van der Waals surface area (Å²) in [7, 11) is 0. The van der Waals surface area contributed by atoms with Gasteiger partial charge in [0.15, 0.2) is 0 Å². The van der Waals surface area contributed by atoms with Gasteiger partial charge in [0.2, 0.25) is 0 Å². The standard InChI is InChI=1S/C15H21N3/c1-3-16-11-15-12-17-18(13(15)2)10-9-14-7-5-4-6-8-14/h4-8,12,16H,3,9-11H2,1-2H3. The van der Waals surface area contributed by atoms with E-state index >= 15 is 0 Å². The highest BCUT2D eigenvalue weighted by molar-refractivity contribution is 5.17. The van der Waals surface area contributed by atoms with Gasteiger partial charge in [-0.2, -0.15) is 5.10 Å². The number of hydrogen-bond donors (Lipinski definition) is 1. The minimum Gasteiger partial charge on any atom is -0.313 e. The van der Waals surface area contributed by atoms with Crippen molar-refractivity contribution in [3.05, 3.63) is 53.3 Å². The zero-order valence-corrected chi connectivity index (χ0v) is 11.2. The first-order chi connectivity index (χ1) is 8.81. The largest absolute Gasteiger partial charge is 0.313 e. The van der Waals surface area contributed by atoms with Crippen molar-refractivity contribution in [2.45, 2.75) is 33.4 Å². The van der Waals surface area contributed by atoms with E-state index in [0.717, 1.165) is 26.1 Å². The summed E-state index contributed by atoms with van der Waals surface area (Å²) in [4.78, 5) is 0. The van der Waals surface area contributed by atoms with Crippen LogP contribution in [-0.4, -0.2) is 16.3 Å². The van der Waals surface area contributed by atoms with E-state index < -0.39 is 0 Å². The van der Waals surface area contributed by atoms with Crippen LogP contribution in [0, 0.1) is 6.92 Å². The van der Waals surface area contributed by atoms with Gasteiger partial charge in [-0.3, -0.25) is 4.68 Å². The highest BCUT2D eigenvalue weighted by Gasteiger charge is 2.05. The number of rotatable bonds is 6. The van der Waals surface area contributed by atoms with Crippen LogP contribution in [0.25, 0.3) is 0 Å². The molecule has 18 heavy (non-hydrogen) atoms. The average Bonchev–Trinajstić information content (AvgIpc) is 2.76. The predicted molar refractivity (Wildman–Crippen MR) is 74.5 cm³/mol. The lowest BCUT2D eigenvalue weighted by Crippen LogP contribution is -2.12. The van der Waals surface area contributed by atoms with Crippen LogP contribution >= 0.6 is 0 Å². The predicted octanol–water partition coefficient (Wildman–Crippen LogP) is 2.54. The fraction of sp³-hybridized carbons (Fsp3) is 0.400. The SMILES string of the molecule is CCNCc1cnn(CCc2ccccc2)c1C. The molecule has 0 aliphatic heterocycles. The first-order valence-electron chi connectivity index (χ1n) is 6.57. The average molecular weight is 243 g/mol. The summed E-state index contributed by atoms with van der Waals surface area (Å²) in [6.45, 7) is 7.12. The molecule has 1 aromatic heterocycles. The molecule has 0 aliphatic carbocycles. The van der Waals surface area contributed by atoms with Gasteiger partial charge in [-0.05, 0) is 25.5 Å². The Morgan fingerprint density at radius 2 is 2.00 bits per heavy atom. The Morgan fingerprint density at radius 3 is 2.72 bits per heavy atom. The topological polar surface area (TPSA) is 29.9 Å². The summed E-state index contributed by atoms with van der Waals surface area (Å²) in [5, 5.41) is 7.80. The number of benzene rings is 1. The molecule has 0 atom stereocenters. The number of aryl methyl sites for hydroxylation is 2. The smallest absolute Gasteiger partial charge is 0.0537 e. The quantitative estimate of drug-likeness (QED) is 0.845. The summed E-state index contributed by atoms with van der Waals surface area (Å²) in [6, 6.07) is 10.6. The van der Waals surface area contributed by atoms with Gasteiger partial charge >= 0.3 is 0 Å². The minimum atomic E-state index is 0.910. The van der Waals surface area contributed by atoms with Gasteiger partial charge < -0.3 is 5.32 Å². The van der Waals surface area contributed by atoms with Gasteiger partial charge in [0.1, 0.15) is 0 Å². The molecular weight excluding hydrogens is 222 g/mol. The summed E-state index contributed by atoms with van der Waals surface area (Å²) in [6.07, 6.45) is 3.01. The molecule has 96 valence electrons. The van der Waals surface area contributed by atoms with Crippen LogP contribution in [0.1, 0.15) is 23.7 Å². The lowest BCUT2D eigenvalue weighted by atomic mass is 10.1. The molecule has 2 aromatic rings. The molecule has 0 saturated carbocycles. The Labute approximate surface area is 109 Å². The molecule has 0 spiro atoms. The zero-order chi connectivity index (χ0) is 12.8. The maximum absolute atomic E-state index is 4.46. The number of nitrogens with zero attached hydrogens (tertiary/aromatic N) is 2. The summed E-state index contributed by atoms with van der Waals surface area (Å²) < 4.78 is 2.10. The van der Waals surface area contributed by atoms with Gasteiger partial charge in [0, 0.05) is 24.3 Å². The van der Waals surface area contributed by atoms with Crippen molar-refractivity contribution < 1.29 is 0 Å². The lowest BCUT2D eigenvalue weighted by molar-refractivity contribution is 0.596. The minimum absolute atomic E-state index is 0.910. The molecule has 3 heteroatoms. The molecule has 0 fully saturated rings. The van der Waals surface area contributed by atoms with Crippen molar-refractivity contribution in [1.82, 2.24) is 15.1 Å². The van der Waals surface area contributed by atoms with E-state index in [-0.39, 0.29) is 0 Å². The fourth-order valence-corrected chi connectivity index (χ4v) is 2.02. The Bertz CT molecular complexity index is 474. The van der Waals surface area contributed by atoms with Crippen molar-refractivity contribution in [2.75, 3.05) is 6.54 Å². The van der Waals surface area contributed by atoms with Crippen molar-refractivity contribution in [2.24, 2.45) is 0 Å². The molecule has 0 bridgehead atoms. The normalized spacial score (nSPS) is 10.8. The summed E-state index contributed by atoms with van der Waals surface area (Å²) in [5.74, 6) is 0. The van der Waals surface area contributed by atoms with Crippen LogP contribution in [0.2, 0.25) is 0 Å². The Hall–Kier alpha value is -1.61. The summed E-state index contributed by atoms with van der Waals surface area (Å²) >= 11 is 0. The van der Waals surface area contributed by atoms with Gasteiger partial charge in [0.05, 0.1) is 6.20 Å². The summed E-state index contributed by atoms with van der Waals surface area (Å²) in [5.41, 5.74) is 3.93. The molecule has 1 N–H and O–H groups in total. The van der Waals surface area contributed by atoms with E-state index in [4.69, 9.17) is 0 Å². The number of hydrogen-bond acceptors (Lipinski definition) is 2. The second-order valence-electron chi connectivity index (χ2n) is 4.49. The number of aromatic nitrogens is 2. The van der Waals surface area contributed by atoms with Gasteiger partial charge in [0.25, 0.3) is 0 Å². The van der Waals surface area contributed by atoms with Crippen LogP contribution in [0.4, 0.5) is 0 Å². The van der Waals surface area contributed by atoms with Crippen LogP contribution in [-0.2, 0) is 19.5 Å². The molecule has 0 radical (unpaired) electrons. The van der Waals surface area contributed by atoms with Gasteiger partial charge in [-0.15, -0.1) is 0 Å². The molecule has 1 heterocycles. The molecule has 2 rings (SSSR count). The lowest BCUT2D eigenvalue weighted by Gasteiger charge is -2.06. The monoisotopic (exact) mass is 243 g/mol. The van der Waals surface area contributed by atoms with E-state index in [2.05, 4.69) is 59.3 Å². The third kappa shape index (κ3) is 3.20. The van der Waals surface area contributed by atoms with E-state index in [9.17, 15) is 0 Å². The Balaban J connectivity index is 1.95. The van der Waals surface area contributed by atoms with Crippen molar-refractivity contribution in [3.63, 3.8) is 0 Å². The Morgan fingerprint density at radius 1 is 1.22 bits per heavy atom. The maximum Gasteiger partial charge on any atom is 0.0537 e. The van der Waals surface area contributed by atoms with Crippen molar-refractivity contribution >= 4 is 0 Å². The molecule has 0 unspecified atom stereocenters. The molecule has 3 nitrogen and oxygen atoms in total. The molecule has 1 aromatic carbocycles. The second-order valence-corrected chi connectivity index (χ2v) is 4.49. The van der Waals surface area contributed by atoms with Crippen LogP contribution < -0.4 is 5.32 Å². The van der Waals surface area contributed by atoms with Crippen LogP contribution in [0.5, 0.6) is 0 Å². The fourth-order valence-electron chi connectivity index (χ4n) is 2.02. The van der Waals surface area contributed by atoms with E-state index in [0.29, 0.717) is 0 Å². The van der Waals surface area contributed by atoms with E-state index in [1.165, 1.54) is 16.8 Å².